The molecule has 0 saturated carbocycles. The molecule has 1 aromatic heterocycles. The van der Waals surface area contributed by atoms with Crippen molar-refractivity contribution >= 4 is 58.2 Å². The highest BCUT2D eigenvalue weighted by Gasteiger charge is 2.33. The third kappa shape index (κ3) is 8.02. The number of pyridine rings is 1. The van der Waals surface area contributed by atoms with Crippen LogP contribution in [-0.4, -0.2) is 90.8 Å². The molecule has 1 saturated heterocycles. The normalized spacial score (nSPS) is 16.2. The summed E-state index contributed by atoms with van der Waals surface area (Å²) in [5, 5.41) is 28.9. The van der Waals surface area contributed by atoms with Gasteiger partial charge in [0.15, 0.2) is 11.5 Å². The molecule has 49 heavy (non-hydrogen) atoms. The fourth-order valence-electron chi connectivity index (χ4n) is 6.10. The van der Waals surface area contributed by atoms with Gasteiger partial charge >= 0.3 is 0 Å². The molecule has 0 bridgehead atoms. The number of nitrogen functional groups attached to an aromatic ring is 1. The number of hydrogen-bond donors (Lipinski definition) is 4. The van der Waals surface area contributed by atoms with Crippen molar-refractivity contribution in [2.45, 2.75) is 19.8 Å². The van der Waals surface area contributed by atoms with Crippen LogP contribution in [0.15, 0.2) is 65.8 Å². The number of hydrogen-bond acceptors (Lipinski definition) is 8. The molecule has 0 unspecified atom stereocenters. The number of anilines is 2. The van der Waals surface area contributed by atoms with Crippen LogP contribution in [0.4, 0.5) is 11.4 Å². The van der Waals surface area contributed by atoms with Gasteiger partial charge in [0.1, 0.15) is 6.07 Å². The van der Waals surface area contributed by atoms with Crippen molar-refractivity contribution in [2.24, 2.45) is 10.9 Å². The number of likely N-dealkylation sites (tertiary alicyclic amines) is 1. The molecular formula is C36H39ClN10O2. The van der Waals surface area contributed by atoms with Crippen LogP contribution in [0.3, 0.4) is 0 Å². The second-order valence-corrected chi connectivity index (χ2v) is 12.3. The summed E-state index contributed by atoms with van der Waals surface area (Å²) >= 11 is 6.15. The molecule has 2 aliphatic rings. The van der Waals surface area contributed by atoms with Crippen molar-refractivity contribution in [3.8, 4) is 6.07 Å². The first-order chi connectivity index (χ1) is 23.6. The first-order valence-corrected chi connectivity index (χ1v) is 16.4. The van der Waals surface area contributed by atoms with Crippen LogP contribution >= 0.6 is 11.6 Å². The van der Waals surface area contributed by atoms with Gasteiger partial charge in [0.05, 0.1) is 29.5 Å². The zero-order chi connectivity index (χ0) is 35.1. The Kier molecular flexibility index (Phi) is 11.2. The number of aliphatic imine (C=N–C) groups is 1. The van der Waals surface area contributed by atoms with E-state index in [2.05, 4.69) is 21.4 Å². The molecule has 2 aromatic carbocycles. The molecule has 0 radical (unpaired) electrons. The van der Waals surface area contributed by atoms with E-state index in [1.807, 2.05) is 47.1 Å². The molecule has 2 amide bonds. The van der Waals surface area contributed by atoms with Gasteiger partial charge in [-0.3, -0.25) is 25.3 Å². The number of nitriles is 1. The fourth-order valence-corrected chi connectivity index (χ4v) is 6.31. The van der Waals surface area contributed by atoms with Crippen LogP contribution in [0.5, 0.6) is 0 Å². The Morgan fingerprint density at radius 3 is 2.61 bits per heavy atom. The summed E-state index contributed by atoms with van der Waals surface area (Å²) in [6.07, 6.45) is 6.36. The van der Waals surface area contributed by atoms with Crippen molar-refractivity contribution < 1.29 is 9.59 Å². The van der Waals surface area contributed by atoms with Gasteiger partial charge in [0.25, 0.3) is 0 Å². The lowest BCUT2D eigenvalue weighted by molar-refractivity contribution is -0.132. The van der Waals surface area contributed by atoms with Crippen molar-refractivity contribution in [2.75, 3.05) is 56.9 Å². The topological polar surface area (TPSA) is 179 Å². The van der Waals surface area contributed by atoms with Crippen LogP contribution in [0.1, 0.15) is 47.7 Å². The van der Waals surface area contributed by atoms with Crippen molar-refractivity contribution in [3.05, 3.63) is 93.8 Å². The minimum atomic E-state index is -0.268. The van der Waals surface area contributed by atoms with E-state index in [9.17, 15) is 9.59 Å². The van der Waals surface area contributed by atoms with Gasteiger partial charge in [-0.15, -0.1) is 0 Å². The number of nitrogens with one attached hydrogen (secondary N) is 3. The molecule has 2 aliphatic heterocycles. The van der Waals surface area contributed by atoms with Gasteiger partial charge in [-0.05, 0) is 61.7 Å². The first-order valence-electron chi connectivity index (χ1n) is 16.1. The van der Waals surface area contributed by atoms with Crippen LogP contribution in [0, 0.1) is 28.1 Å². The summed E-state index contributed by atoms with van der Waals surface area (Å²) < 4.78 is 0. The third-order valence-electron chi connectivity index (χ3n) is 8.83. The number of amidine groups is 1. The number of aromatic nitrogens is 1. The highest BCUT2D eigenvalue weighted by Crippen LogP contribution is 2.29. The SMILES string of the molecule is CCN(C(=O)[C@@H]1CCN(CC(=O)N2CC=C(c3ccc(C(=N)/N=C\NC)cc3)CC2)C1)c1ccc(N)c(C(=N)c2cnc(C#N)c(Cl)c2)c1. The van der Waals surface area contributed by atoms with E-state index in [1.54, 1.807) is 30.1 Å². The summed E-state index contributed by atoms with van der Waals surface area (Å²) in [6.45, 7) is 4.87. The minimum Gasteiger partial charge on any atom is -0.398 e. The summed E-state index contributed by atoms with van der Waals surface area (Å²) in [7, 11) is 1.74. The third-order valence-corrected chi connectivity index (χ3v) is 9.12. The molecule has 1 fully saturated rings. The molecule has 13 heteroatoms. The molecule has 1 atom stereocenters. The lowest BCUT2D eigenvalue weighted by atomic mass is 9.98. The zero-order valence-electron chi connectivity index (χ0n) is 27.5. The molecule has 5 rings (SSSR count). The Labute approximate surface area is 290 Å². The van der Waals surface area contributed by atoms with Crippen LogP contribution < -0.4 is 16.0 Å². The van der Waals surface area contributed by atoms with E-state index < -0.39 is 0 Å². The van der Waals surface area contributed by atoms with E-state index >= 15 is 0 Å². The van der Waals surface area contributed by atoms with Gasteiger partial charge in [-0.25, -0.2) is 9.98 Å². The van der Waals surface area contributed by atoms with E-state index in [-0.39, 0.29) is 46.5 Å². The van der Waals surface area contributed by atoms with Gasteiger partial charge < -0.3 is 20.9 Å². The van der Waals surface area contributed by atoms with Gasteiger partial charge in [0, 0.05) is 67.5 Å². The quantitative estimate of drug-likeness (QED) is 0.141. The molecule has 3 aromatic rings. The molecule has 0 aliphatic carbocycles. The highest BCUT2D eigenvalue weighted by atomic mass is 35.5. The van der Waals surface area contributed by atoms with E-state index in [1.165, 1.54) is 24.2 Å². The minimum absolute atomic E-state index is 0.0386. The van der Waals surface area contributed by atoms with Crippen molar-refractivity contribution in [1.29, 1.82) is 16.1 Å². The molecule has 3 heterocycles. The lowest BCUT2D eigenvalue weighted by Crippen LogP contribution is -2.42. The maximum Gasteiger partial charge on any atom is 0.237 e. The smallest absolute Gasteiger partial charge is 0.237 e. The predicted octanol–water partition coefficient (Wildman–Crippen LogP) is 4.17. The second-order valence-electron chi connectivity index (χ2n) is 11.9. The zero-order valence-corrected chi connectivity index (χ0v) is 28.3. The van der Waals surface area contributed by atoms with Gasteiger partial charge in [-0.1, -0.05) is 41.9 Å². The number of halogens is 1. The first kappa shape index (κ1) is 34.9. The van der Waals surface area contributed by atoms with E-state index in [0.29, 0.717) is 61.6 Å². The molecule has 0 spiro atoms. The molecule has 12 nitrogen and oxygen atoms in total. The van der Waals surface area contributed by atoms with E-state index in [0.717, 1.165) is 17.5 Å². The Morgan fingerprint density at radius 1 is 1.18 bits per heavy atom. The Bertz CT molecular complexity index is 1860. The number of amides is 2. The van der Waals surface area contributed by atoms with E-state index in [4.69, 9.17) is 33.4 Å². The summed E-state index contributed by atoms with van der Waals surface area (Å²) in [5.41, 5.74) is 11.2. The largest absolute Gasteiger partial charge is 0.398 e. The average molecular weight is 679 g/mol. The number of carbonyl (C=O) groups is 2. The van der Waals surface area contributed by atoms with Crippen LogP contribution in [0.25, 0.3) is 5.57 Å². The fraction of sp³-hybridized carbons (Fsp3) is 0.306. The molecule has 5 N–H and O–H groups in total. The van der Waals surface area contributed by atoms with Crippen LogP contribution in [-0.2, 0) is 9.59 Å². The van der Waals surface area contributed by atoms with Crippen molar-refractivity contribution in [1.82, 2.24) is 20.1 Å². The van der Waals surface area contributed by atoms with Crippen LogP contribution in [0.2, 0.25) is 5.02 Å². The maximum absolute atomic E-state index is 13.8. The number of nitrogens with zero attached hydrogens (tertiary/aromatic N) is 6. The van der Waals surface area contributed by atoms with Gasteiger partial charge in [-0.2, -0.15) is 5.26 Å². The van der Waals surface area contributed by atoms with Crippen molar-refractivity contribution in [3.63, 3.8) is 0 Å². The Hall–Kier alpha value is -5.38. The summed E-state index contributed by atoms with van der Waals surface area (Å²) in [4.78, 5) is 40.7. The molecular weight excluding hydrogens is 640 g/mol. The second kappa shape index (κ2) is 15.7. The monoisotopic (exact) mass is 678 g/mol. The number of carbonyl (C=O) groups excluding carboxylic acids is 2. The summed E-state index contributed by atoms with van der Waals surface area (Å²) in [6, 6.07) is 16.3. The summed E-state index contributed by atoms with van der Waals surface area (Å²) in [5.74, 6) is -0.0789. The standard InChI is InChI=1S/C36H39ClN10O2/c1-3-47(28-8-9-31(39)29(17-28)34(40)27-16-30(37)32(18-38)43-19-27)36(49)26-10-13-45(20-26)21-33(48)46-14-11-24(12-15-46)23-4-6-25(7-5-23)35(41)44-22-42-2/h4-9,11,16-17,19,22,26,40H,3,10,12-15,20-21,39H2,1-2H3,(H2,41,42,44)/t26-/m1/s1. The maximum atomic E-state index is 13.8. The predicted molar refractivity (Wildman–Crippen MR) is 193 cm³/mol. The lowest BCUT2D eigenvalue weighted by Gasteiger charge is -2.29. The average Bonchev–Trinajstić information content (AvgIpc) is 3.59. The Balaban J connectivity index is 1.17. The molecule has 252 valence electrons. The van der Waals surface area contributed by atoms with Gasteiger partial charge in [0.2, 0.25) is 11.8 Å². The number of nitrogens with two attached hydrogens (primary N) is 1. The Morgan fingerprint density at radius 2 is 1.96 bits per heavy atom. The number of rotatable bonds is 10. The number of benzene rings is 2. The highest BCUT2D eigenvalue weighted by molar-refractivity contribution is 6.32.